The molecule has 0 bridgehead atoms. The first-order valence-electron chi connectivity index (χ1n) is 6.19. The fourth-order valence-electron chi connectivity index (χ4n) is 1.98. The zero-order chi connectivity index (χ0) is 12.3. The van der Waals surface area contributed by atoms with Crippen LogP contribution < -0.4 is 9.47 Å². The Morgan fingerprint density at radius 2 is 2.18 bits per heavy atom. The lowest BCUT2D eigenvalue weighted by atomic mass is 9.86. The van der Waals surface area contributed by atoms with Crippen LogP contribution in [-0.4, -0.2) is 18.8 Å². The van der Waals surface area contributed by atoms with Crippen molar-refractivity contribution >= 4 is 0 Å². The van der Waals surface area contributed by atoms with Gasteiger partial charge in [0.05, 0.1) is 19.8 Å². The van der Waals surface area contributed by atoms with Gasteiger partial charge in [0, 0.05) is 11.6 Å². The van der Waals surface area contributed by atoms with Crippen LogP contribution in [0.4, 0.5) is 0 Å². The van der Waals surface area contributed by atoms with Crippen molar-refractivity contribution in [1.82, 2.24) is 0 Å². The topological polar surface area (TPSA) is 38.7 Å². The molecule has 1 aliphatic rings. The van der Waals surface area contributed by atoms with E-state index in [4.69, 9.17) is 9.47 Å². The monoisotopic (exact) mass is 236 g/mol. The quantitative estimate of drug-likeness (QED) is 0.854. The lowest BCUT2D eigenvalue weighted by Crippen LogP contribution is -2.19. The molecular weight excluding hydrogens is 216 g/mol. The number of methoxy groups -OCH3 is 1. The Morgan fingerprint density at radius 3 is 2.71 bits per heavy atom. The summed E-state index contributed by atoms with van der Waals surface area (Å²) in [4.78, 5) is 0. The average Bonchev–Trinajstić information content (AvgIpc) is 2.26. The fraction of sp³-hybridized carbons (Fsp3) is 0.571. The molecule has 1 aliphatic carbocycles. The first-order valence-corrected chi connectivity index (χ1v) is 6.19. The zero-order valence-electron chi connectivity index (χ0n) is 10.5. The Kier molecular flexibility index (Phi) is 3.89. The molecule has 1 fully saturated rings. The lowest BCUT2D eigenvalue weighted by Gasteiger charge is -2.26. The van der Waals surface area contributed by atoms with Crippen LogP contribution in [-0.2, 0) is 0 Å². The van der Waals surface area contributed by atoms with Crippen LogP contribution >= 0.6 is 0 Å². The molecule has 0 aliphatic heterocycles. The smallest absolute Gasteiger partial charge is 0.128 e. The van der Waals surface area contributed by atoms with Gasteiger partial charge in [-0.15, -0.1) is 0 Å². The first kappa shape index (κ1) is 12.2. The molecule has 0 heterocycles. The van der Waals surface area contributed by atoms with Crippen molar-refractivity contribution < 1.29 is 14.6 Å². The Balaban J connectivity index is 2.09. The molecule has 0 aromatic heterocycles. The zero-order valence-corrected chi connectivity index (χ0v) is 10.5. The molecule has 1 saturated carbocycles. The van der Waals surface area contributed by atoms with Crippen molar-refractivity contribution in [3.05, 3.63) is 23.8 Å². The summed E-state index contributed by atoms with van der Waals surface area (Å²) < 4.78 is 11.0. The Labute approximate surface area is 102 Å². The molecule has 0 radical (unpaired) electrons. The van der Waals surface area contributed by atoms with Crippen LogP contribution in [0.1, 0.15) is 37.9 Å². The van der Waals surface area contributed by atoms with E-state index in [9.17, 15) is 5.11 Å². The predicted octanol–water partition coefficient (Wildman–Crippen LogP) is 2.93. The van der Waals surface area contributed by atoms with Gasteiger partial charge in [-0.25, -0.2) is 0 Å². The second kappa shape index (κ2) is 5.41. The van der Waals surface area contributed by atoms with E-state index in [1.54, 1.807) is 14.0 Å². The van der Waals surface area contributed by atoms with Gasteiger partial charge < -0.3 is 14.6 Å². The van der Waals surface area contributed by atoms with Gasteiger partial charge in [-0.3, -0.25) is 0 Å². The van der Waals surface area contributed by atoms with Crippen molar-refractivity contribution in [3.63, 3.8) is 0 Å². The predicted molar refractivity (Wildman–Crippen MR) is 66.5 cm³/mol. The van der Waals surface area contributed by atoms with E-state index in [1.807, 2.05) is 18.2 Å². The summed E-state index contributed by atoms with van der Waals surface area (Å²) in [7, 11) is 1.63. The Hall–Kier alpha value is -1.22. The van der Waals surface area contributed by atoms with Crippen LogP contribution in [0.3, 0.4) is 0 Å². The van der Waals surface area contributed by atoms with Gasteiger partial charge in [-0.1, -0.05) is 6.42 Å². The molecule has 1 atom stereocenters. The van der Waals surface area contributed by atoms with Crippen molar-refractivity contribution in [1.29, 1.82) is 0 Å². The highest BCUT2D eigenvalue weighted by Gasteiger charge is 2.19. The molecule has 0 amide bonds. The summed E-state index contributed by atoms with van der Waals surface area (Å²) in [5.74, 6) is 2.19. The molecule has 0 spiro atoms. The van der Waals surface area contributed by atoms with E-state index in [1.165, 1.54) is 19.3 Å². The van der Waals surface area contributed by atoms with Crippen molar-refractivity contribution in [2.75, 3.05) is 13.7 Å². The third kappa shape index (κ3) is 2.91. The molecule has 17 heavy (non-hydrogen) atoms. The van der Waals surface area contributed by atoms with Crippen molar-refractivity contribution in [2.45, 2.75) is 32.3 Å². The van der Waals surface area contributed by atoms with E-state index in [2.05, 4.69) is 0 Å². The third-order valence-electron chi connectivity index (χ3n) is 3.37. The highest BCUT2D eigenvalue weighted by molar-refractivity contribution is 5.41. The van der Waals surface area contributed by atoms with Gasteiger partial charge in [0.1, 0.15) is 11.5 Å². The molecule has 3 nitrogen and oxygen atoms in total. The van der Waals surface area contributed by atoms with Gasteiger partial charge >= 0.3 is 0 Å². The lowest BCUT2D eigenvalue weighted by molar-refractivity contribution is 0.164. The summed E-state index contributed by atoms with van der Waals surface area (Å²) in [6.45, 7) is 2.49. The Morgan fingerprint density at radius 1 is 1.41 bits per heavy atom. The molecule has 3 heteroatoms. The largest absolute Gasteiger partial charge is 0.497 e. The second-order valence-corrected chi connectivity index (χ2v) is 4.69. The maximum Gasteiger partial charge on any atom is 0.128 e. The molecule has 94 valence electrons. The molecule has 0 saturated heterocycles. The van der Waals surface area contributed by atoms with E-state index in [0.717, 1.165) is 23.7 Å². The van der Waals surface area contributed by atoms with Gasteiger partial charge in [0.15, 0.2) is 0 Å². The molecular formula is C14H20O3. The summed E-state index contributed by atoms with van der Waals surface area (Å²) in [6.07, 6.45) is 3.31. The van der Waals surface area contributed by atoms with E-state index >= 15 is 0 Å². The number of benzene rings is 1. The number of hydrogen-bond acceptors (Lipinski definition) is 3. The van der Waals surface area contributed by atoms with E-state index in [0.29, 0.717) is 5.92 Å². The fourth-order valence-corrected chi connectivity index (χ4v) is 1.98. The first-order chi connectivity index (χ1) is 8.20. The van der Waals surface area contributed by atoms with E-state index in [-0.39, 0.29) is 0 Å². The van der Waals surface area contributed by atoms with E-state index < -0.39 is 6.10 Å². The van der Waals surface area contributed by atoms with Crippen LogP contribution in [0.25, 0.3) is 0 Å². The SMILES string of the molecule is COc1ccc(C(C)O)c(OCC2CCC2)c1. The van der Waals surface area contributed by atoms with Crippen LogP contribution in [0.15, 0.2) is 18.2 Å². The molecule has 1 aromatic rings. The van der Waals surface area contributed by atoms with Gasteiger partial charge in [0.2, 0.25) is 0 Å². The van der Waals surface area contributed by atoms with Gasteiger partial charge in [-0.2, -0.15) is 0 Å². The van der Waals surface area contributed by atoms with Crippen LogP contribution in [0.2, 0.25) is 0 Å². The number of rotatable bonds is 5. The number of aliphatic hydroxyl groups excluding tert-OH is 1. The highest BCUT2D eigenvalue weighted by atomic mass is 16.5. The summed E-state index contributed by atoms with van der Waals surface area (Å²) in [5.41, 5.74) is 0.824. The number of aliphatic hydroxyl groups is 1. The number of ether oxygens (including phenoxy) is 2. The summed E-state index contributed by atoms with van der Waals surface area (Å²) >= 11 is 0. The van der Waals surface area contributed by atoms with Gasteiger partial charge in [0.25, 0.3) is 0 Å². The maximum atomic E-state index is 9.68. The molecule has 1 N–H and O–H groups in total. The van der Waals surface area contributed by atoms with Crippen LogP contribution in [0.5, 0.6) is 11.5 Å². The second-order valence-electron chi connectivity index (χ2n) is 4.69. The number of hydrogen-bond donors (Lipinski definition) is 1. The van der Waals surface area contributed by atoms with Gasteiger partial charge in [-0.05, 0) is 37.8 Å². The highest BCUT2D eigenvalue weighted by Crippen LogP contribution is 2.32. The molecule has 1 unspecified atom stereocenters. The minimum Gasteiger partial charge on any atom is -0.497 e. The molecule has 2 rings (SSSR count). The van der Waals surface area contributed by atoms with Crippen molar-refractivity contribution in [2.24, 2.45) is 5.92 Å². The minimum absolute atomic E-state index is 0.516. The summed E-state index contributed by atoms with van der Waals surface area (Å²) in [6, 6.07) is 5.55. The average molecular weight is 236 g/mol. The minimum atomic E-state index is -0.516. The normalized spacial score (nSPS) is 17.4. The maximum absolute atomic E-state index is 9.68. The van der Waals surface area contributed by atoms with Crippen molar-refractivity contribution in [3.8, 4) is 11.5 Å². The van der Waals surface area contributed by atoms with Crippen LogP contribution in [0, 0.1) is 5.92 Å². The Bertz CT molecular complexity index is 370. The molecule has 1 aromatic carbocycles. The third-order valence-corrected chi connectivity index (χ3v) is 3.37. The standard InChI is InChI=1S/C14H20O3/c1-10(15)13-7-6-12(16-2)8-14(13)17-9-11-4-3-5-11/h6-8,10-11,15H,3-5,9H2,1-2H3. The summed E-state index contributed by atoms with van der Waals surface area (Å²) in [5, 5.41) is 9.68.